The number of nitrogens with one attached hydrogen (secondary N) is 1. The molecule has 1 aromatic rings. The lowest BCUT2D eigenvalue weighted by molar-refractivity contribution is 0.132. The molecule has 21 heavy (non-hydrogen) atoms. The zero-order valence-corrected chi connectivity index (χ0v) is 13.4. The van der Waals surface area contributed by atoms with Crippen LogP contribution in [0, 0.1) is 0 Å². The van der Waals surface area contributed by atoms with Gasteiger partial charge >= 0.3 is 0 Å². The van der Waals surface area contributed by atoms with Gasteiger partial charge in [0.1, 0.15) is 0 Å². The van der Waals surface area contributed by atoms with E-state index in [0.29, 0.717) is 24.0 Å². The maximum atomic E-state index is 6.26. The number of hydrogen-bond acceptors (Lipinski definition) is 4. The van der Waals surface area contributed by atoms with Gasteiger partial charge < -0.3 is 19.5 Å². The van der Waals surface area contributed by atoms with Crippen molar-refractivity contribution in [1.82, 2.24) is 5.32 Å². The molecular weight excluding hydrogens is 290 g/mol. The molecule has 0 saturated carbocycles. The van der Waals surface area contributed by atoms with Crippen molar-refractivity contribution in [3.63, 3.8) is 0 Å². The first-order valence-corrected chi connectivity index (χ1v) is 8.05. The first-order valence-electron chi connectivity index (χ1n) is 7.67. The van der Waals surface area contributed by atoms with Crippen LogP contribution in [0.15, 0.2) is 12.1 Å². The fourth-order valence-corrected chi connectivity index (χ4v) is 2.45. The largest absolute Gasteiger partial charge is 0.489 e. The van der Waals surface area contributed by atoms with Crippen LogP contribution in [0.3, 0.4) is 0 Å². The van der Waals surface area contributed by atoms with Gasteiger partial charge in [-0.2, -0.15) is 0 Å². The molecule has 0 aromatic heterocycles. The highest BCUT2D eigenvalue weighted by molar-refractivity contribution is 6.32. The molecule has 0 bridgehead atoms. The van der Waals surface area contributed by atoms with Crippen LogP contribution in [0.25, 0.3) is 0 Å². The molecule has 0 amide bonds. The summed E-state index contributed by atoms with van der Waals surface area (Å²) in [6.07, 6.45) is 2.97. The number of ether oxygens (including phenoxy) is 3. The lowest BCUT2D eigenvalue weighted by atomic mass is 10.2. The van der Waals surface area contributed by atoms with Gasteiger partial charge in [0.15, 0.2) is 11.5 Å². The highest BCUT2D eigenvalue weighted by Crippen LogP contribution is 2.37. The van der Waals surface area contributed by atoms with E-state index < -0.39 is 0 Å². The van der Waals surface area contributed by atoms with E-state index in [1.54, 1.807) is 0 Å². The van der Waals surface area contributed by atoms with E-state index in [9.17, 15) is 0 Å². The van der Waals surface area contributed by atoms with Crippen LogP contribution in [0.2, 0.25) is 5.02 Å². The van der Waals surface area contributed by atoms with Crippen molar-refractivity contribution in [2.24, 2.45) is 0 Å². The average molecular weight is 314 g/mol. The van der Waals surface area contributed by atoms with Crippen LogP contribution in [-0.2, 0) is 11.3 Å². The summed E-state index contributed by atoms with van der Waals surface area (Å²) in [5.74, 6) is 1.42. The molecule has 4 nitrogen and oxygen atoms in total. The van der Waals surface area contributed by atoms with Crippen molar-refractivity contribution in [3.05, 3.63) is 22.7 Å². The highest BCUT2D eigenvalue weighted by atomic mass is 35.5. The normalized spacial score (nSPS) is 14.0. The van der Waals surface area contributed by atoms with Crippen molar-refractivity contribution in [1.29, 1.82) is 0 Å². The first-order chi connectivity index (χ1) is 10.3. The summed E-state index contributed by atoms with van der Waals surface area (Å²) < 4.78 is 16.8. The third kappa shape index (κ3) is 5.38. The molecule has 1 aliphatic heterocycles. The summed E-state index contributed by atoms with van der Waals surface area (Å²) in [5.41, 5.74) is 1.11. The highest BCUT2D eigenvalue weighted by Gasteiger charge is 2.15. The van der Waals surface area contributed by atoms with Crippen LogP contribution in [-0.4, -0.2) is 33.0 Å². The van der Waals surface area contributed by atoms with Gasteiger partial charge in [-0.15, -0.1) is 0 Å². The Kier molecular flexibility index (Phi) is 7.13. The Labute approximate surface area is 131 Å². The van der Waals surface area contributed by atoms with Gasteiger partial charge in [0.25, 0.3) is 0 Å². The molecule has 1 aromatic carbocycles. The van der Waals surface area contributed by atoms with Gasteiger partial charge in [0, 0.05) is 26.2 Å². The molecule has 1 heterocycles. The minimum absolute atomic E-state index is 0.623. The van der Waals surface area contributed by atoms with Crippen molar-refractivity contribution in [3.8, 4) is 11.5 Å². The zero-order chi connectivity index (χ0) is 14.9. The molecule has 5 heteroatoms. The molecule has 1 aliphatic rings. The maximum absolute atomic E-state index is 6.26. The summed E-state index contributed by atoms with van der Waals surface area (Å²) >= 11 is 6.26. The van der Waals surface area contributed by atoms with Crippen molar-refractivity contribution in [2.75, 3.05) is 33.0 Å². The monoisotopic (exact) mass is 313 g/mol. The Bertz CT molecular complexity index is 440. The van der Waals surface area contributed by atoms with Gasteiger partial charge in [0.2, 0.25) is 0 Å². The van der Waals surface area contributed by atoms with Gasteiger partial charge in [-0.1, -0.05) is 18.5 Å². The predicted molar refractivity (Wildman–Crippen MR) is 84.5 cm³/mol. The van der Waals surface area contributed by atoms with Crippen LogP contribution in [0.4, 0.5) is 0 Å². The Morgan fingerprint density at radius 1 is 1.24 bits per heavy atom. The second-order valence-electron chi connectivity index (χ2n) is 5.10. The number of fused-ring (bicyclic) bond motifs is 1. The SMILES string of the molecule is CCCOCCCNCc1cc(Cl)c2c(c1)OCCCO2. The van der Waals surface area contributed by atoms with E-state index in [1.165, 1.54) is 0 Å². The molecule has 0 atom stereocenters. The van der Waals surface area contributed by atoms with E-state index in [0.717, 1.165) is 56.9 Å². The van der Waals surface area contributed by atoms with E-state index in [-0.39, 0.29) is 0 Å². The first kappa shape index (κ1) is 16.4. The van der Waals surface area contributed by atoms with Crippen molar-refractivity contribution >= 4 is 11.6 Å². The third-order valence-electron chi connectivity index (χ3n) is 3.18. The fourth-order valence-electron chi connectivity index (χ4n) is 2.16. The van der Waals surface area contributed by atoms with Gasteiger partial charge in [0.05, 0.1) is 18.2 Å². The molecule has 0 fully saturated rings. The molecule has 0 radical (unpaired) electrons. The summed E-state index contributed by atoms with van der Waals surface area (Å²) in [4.78, 5) is 0. The van der Waals surface area contributed by atoms with Gasteiger partial charge in [-0.05, 0) is 37.1 Å². The summed E-state index contributed by atoms with van der Waals surface area (Å²) in [6, 6.07) is 3.95. The Morgan fingerprint density at radius 2 is 2.10 bits per heavy atom. The van der Waals surface area contributed by atoms with Crippen LogP contribution in [0.5, 0.6) is 11.5 Å². The number of rotatable bonds is 8. The molecule has 118 valence electrons. The standard InChI is InChI=1S/C16H24ClNO3/c1-2-6-19-7-3-5-18-12-13-10-14(17)16-15(11-13)20-8-4-9-21-16/h10-11,18H,2-9,12H2,1H3. The van der Waals surface area contributed by atoms with Gasteiger partial charge in [-0.25, -0.2) is 0 Å². The Morgan fingerprint density at radius 3 is 2.95 bits per heavy atom. The predicted octanol–water partition coefficient (Wildman–Crippen LogP) is 3.41. The quantitative estimate of drug-likeness (QED) is 0.747. The van der Waals surface area contributed by atoms with E-state index in [1.807, 2.05) is 12.1 Å². The molecule has 1 N–H and O–H groups in total. The summed E-state index contributed by atoms with van der Waals surface area (Å²) in [5, 5.41) is 4.02. The lowest BCUT2D eigenvalue weighted by Crippen LogP contribution is -2.16. The summed E-state index contributed by atoms with van der Waals surface area (Å²) in [7, 11) is 0. The van der Waals surface area contributed by atoms with Crippen molar-refractivity contribution < 1.29 is 14.2 Å². The second-order valence-corrected chi connectivity index (χ2v) is 5.51. The van der Waals surface area contributed by atoms with E-state index in [2.05, 4.69) is 12.2 Å². The Balaban J connectivity index is 1.78. The molecule has 0 unspecified atom stereocenters. The lowest BCUT2D eigenvalue weighted by Gasteiger charge is -2.12. The number of hydrogen-bond donors (Lipinski definition) is 1. The van der Waals surface area contributed by atoms with Crippen LogP contribution >= 0.6 is 11.6 Å². The fraction of sp³-hybridized carbons (Fsp3) is 0.625. The summed E-state index contributed by atoms with van der Waals surface area (Å²) in [6.45, 7) is 6.80. The minimum Gasteiger partial charge on any atom is -0.489 e. The average Bonchev–Trinajstić information content (AvgIpc) is 2.72. The van der Waals surface area contributed by atoms with E-state index >= 15 is 0 Å². The molecule has 0 saturated heterocycles. The van der Waals surface area contributed by atoms with Crippen molar-refractivity contribution in [2.45, 2.75) is 32.7 Å². The molecule has 2 rings (SSSR count). The third-order valence-corrected chi connectivity index (χ3v) is 3.46. The number of benzene rings is 1. The maximum Gasteiger partial charge on any atom is 0.179 e. The van der Waals surface area contributed by atoms with Crippen LogP contribution in [0.1, 0.15) is 31.7 Å². The van der Waals surface area contributed by atoms with E-state index in [4.69, 9.17) is 25.8 Å². The van der Waals surface area contributed by atoms with Crippen LogP contribution < -0.4 is 14.8 Å². The number of halogens is 1. The molecular formula is C16H24ClNO3. The second kappa shape index (κ2) is 9.13. The molecule has 0 aliphatic carbocycles. The molecule has 0 spiro atoms. The van der Waals surface area contributed by atoms with Gasteiger partial charge in [-0.3, -0.25) is 0 Å². The Hall–Kier alpha value is -0.970. The minimum atomic E-state index is 0.623. The topological polar surface area (TPSA) is 39.7 Å². The zero-order valence-electron chi connectivity index (χ0n) is 12.6. The smallest absolute Gasteiger partial charge is 0.179 e.